The number of rotatable bonds is 6. The van der Waals surface area contributed by atoms with Crippen LogP contribution in [0.2, 0.25) is 0 Å². The molecule has 4 bridgehead atoms. The summed E-state index contributed by atoms with van der Waals surface area (Å²) in [4.78, 5) is 36.8. The predicted molar refractivity (Wildman–Crippen MR) is 100 cm³/mol. The highest BCUT2D eigenvalue weighted by atomic mass is 16.6. The van der Waals surface area contributed by atoms with Crippen molar-refractivity contribution in [2.45, 2.75) is 70.0 Å². The van der Waals surface area contributed by atoms with Crippen molar-refractivity contribution in [1.82, 2.24) is 0 Å². The van der Waals surface area contributed by atoms with Gasteiger partial charge in [0.2, 0.25) is 0 Å². The van der Waals surface area contributed by atoms with Crippen molar-refractivity contribution in [2.75, 3.05) is 0 Å². The molecule has 5 rings (SSSR count). The lowest BCUT2D eigenvalue weighted by Crippen LogP contribution is -2.52. The molecular formula is C22H28O6. The van der Waals surface area contributed by atoms with E-state index in [1.807, 2.05) is 0 Å². The third-order valence-electron chi connectivity index (χ3n) is 6.96. The number of aliphatic hydroxyl groups is 1. The topological polar surface area (TPSA) is 89.9 Å². The molecule has 152 valence electrons. The first-order chi connectivity index (χ1) is 13.3. The number of Topliss-reactive ketones (excluding diaryl/α,β-unsaturated/α-hetero) is 1. The van der Waals surface area contributed by atoms with E-state index in [1.165, 1.54) is 19.3 Å². The van der Waals surface area contributed by atoms with Crippen LogP contribution in [0.3, 0.4) is 0 Å². The van der Waals surface area contributed by atoms with Gasteiger partial charge in [-0.25, -0.2) is 4.79 Å². The Labute approximate surface area is 165 Å². The maximum absolute atomic E-state index is 12.8. The Morgan fingerprint density at radius 2 is 1.75 bits per heavy atom. The molecule has 4 saturated carbocycles. The summed E-state index contributed by atoms with van der Waals surface area (Å²) in [5.74, 6) is -0.402. The lowest BCUT2D eigenvalue weighted by atomic mass is 9.54. The van der Waals surface area contributed by atoms with E-state index in [4.69, 9.17) is 9.47 Å². The number of allylic oxidation sites excluding steroid dienone is 1. The number of aliphatic hydroxyl groups excluding tert-OH is 1. The minimum atomic E-state index is -0.874. The summed E-state index contributed by atoms with van der Waals surface area (Å²) < 4.78 is 11.2. The van der Waals surface area contributed by atoms with Crippen LogP contribution in [0.25, 0.3) is 0 Å². The highest BCUT2D eigenvalue weighted by Gasteiger charge is 2.53. The summed E-state index contributed by atoms with van der Waals surface area (Å²) in [7, 11) is 0. The third kappa shape index (κ3) is 3.49. The lowest BCUT2D eigenvalue weighted by Gasteiger charge is -2.55. The number of carbonyl (C=O) groups excluding carboxylic acids is 3. The van der Waals surface area contributed by atoms with Gasteiger partial charge in [0, 0.05) is 12.8 Å². The molecule has 0 aromatic carbocycles. The number of cyclic esters (lactones) is 1. The Morgan fingerprint density at radius 1 is 1.18 bits per heavy atom. The van der Waals surface area contributed by atoms with E-state index < -0.39 is 29.6 Å². The molecule has 5 aliphatic rings. The zero-order chi connectivity index (χ0) is 20.1. The zero-order valence-electron chi connectivity index (χ0n) is 16.3. The summed E-state index contributed by atoms with van der Waals surface area (Å²) >= 11 is 0. The van der Waals surface area contributed by atoms with Crippen LogP contribution in [0.4, 0.5) is 0 Å². The smallest absolute Gasteiger partial charge is 0.337 e. The largest absolute Gasteiger partial charge is 0.515 e. The molecule has 1 N–H and O–H groups in total. The van der Waals surface area contributed by atoms with Crippen LogP contribution in [0.1, 0.15) is 58.3 Å². The maximum Gasteiger partial charge on any atom is 0.337 e. The molecule has 4 aliphatic carbocycles. The minimum absolute atomic E-state index is 0.0490. The number of ether oxygens (including phenoxy) is 2. The fourth-order valence-corrected chi connectivity index (χ4v) is 6.14. The Morgan fingerprint density at radius 3 is 2.25 bits per heavy atom. The molecule has 0 aromatic rings. The number of carbonyl (C=O) groups is 3. The van der Waals surface area contributed by atoms with Crippen molar-refractivity contribution in [3.05, 3.63) is 24.0 Å². The molecule has 1 saturated heterocycles. The summed E-state index contributed by atoms with van der Waals surface area (Å²) in [6.45, 7) is 5.15. The van der Waals surface area contributed by atoms with Crippen LogP contribution >= 0.6 is 0 Å². The summed E-state index contributed by atoms with van der Waals surface area (Å²) in [6, 6.07) is 0. The number of hydrogen-bond donors (Lipinski definition) is 1. The Kier molecular flexibility index (Phi) is 4.84. The monoisotopic (exact) mass is 388 g/mol. The van der Waals surface area contributed by atoms with E-state index in [1.54, 1.807) is 6.92 Å². The molecule has 0 aromatic heterocycles. The molecule has 0 spiro atoms. The van der Waals surface area contributed by atoms with E-state index in [0.29, 0.717) is 23.3 Å². The zero-order valence-corrected chi connectivity index (χ0v) is 16.3. The van der Waals surface area contributed by atoms with Gasteiger partial charge in [0.15, 0.2) is 5.78 Å². The van der Waals surface area contributed by atoms with Crippen molar-refractivity contribution in [2.24, 2.45) is 23.7 Å². The molecular weight excluding hydrogens is 360 g/mol. The van der Waals surface area contributed by atoms with Gasteiger partial charge in [0.25, 0.3) is 0 Å². The Balaban J connectivity index is 1.38. The number of esters is 2. The van der Waals surface area contributed by atoms with Gasteiger partial charge in [-0.05, 0) is 68.8 Å². The first-order valence-corrected chi connectivity index (χ1v) is 10.3. The fourth-order valence-electron chi connectivity index (χ4n) is 6.14. The molecule has 6 heteroatoms. The minimum Gasteiger partial charge on any atom is -0.515 e. The molecule has 1 aliphatic heterocycles. The van der Waals surface area contributed by atoms with Crippen LogP contribution in [0.15, 0.2) is 24.0 Å². The first kappa shape index (κ1) is 19.2. The molecule has 1 heterocycles. The maximum atomic E-state index is 12.8. The second-order valence-corrected chi connectivity index (χ2v) is 9.34. The van der Waals surface area contributed by atoms with Crippen molar-refractivity contribution < 1.29 is 29.0 Å². The summed E-state index contributed by atoms with van der Waals surface area (Å²) in [5.41, 5.74) is 0.00367. The Hall–Kier alpha value is -2.11. The van der Waals surface area contributed by atoms with Gasteiger partial charge in [-0.15, -0.1) is 0 Å². The van der Waals surface area contributed by atoms with Crippen molar-refractivity contribution in [3.63, 3.8) is 0 Å². The van der Waals surface area contributed by atoms with Crippen LogP contribution in [0.5, 0.6) is 0 Å². The van der Waals surface area contributed by atoms with Crippen molar-refractivity contribution in [3.8, 4) is 0 Å². The van der Waals surface area contributed by atoms with Gasteiger partial charge in [0.1, 0.15) is 17.6 Å². The van der Waals surface area contributed by atoms with Gasteiger partial charge in [-0.2, -0.15) is 0 Å². The normalized spacial score (nSPS) is 39.0. The first-order valence-electron chi connectivity index (χ1n) is 10.3. The number of hydrogen-bond acceptors (Lipinski definition) is 6. The molecule has 5 fully saturated rings. The molecule has 0 amide bonds. The second-order valence-electron chi connectivity index (χ2n) is 9.34. The van der Waals surface area contributed by atoms with Gasteiger partial charge in [0.05, 0.1) is 11.8 Å². The quantitative estimate of drug-likeness (QED) is 0.325. The summed E-state index contributed by atoms with van der Waals surface area (Å²) in [5, 5.41) is 9.61. The van der Waals surface area contributed by atoms with E-state index in [2.05, 4.69) is 6.58 Å². The molecule has 0 radical (unpaired) electrons. The SMILES string of the molecule is C=C(C)C(=O)C1CC(CC(=CO)C(=O)OC23CC4CC(CC(C4)C2)C3)OC1=O. The predicted octanol–water partition coefficient (Wildman–Crippen LogP) is 3.41. The average molecular weight is 388 g/mol. The second kappa shape index (κ2) is 7.05. The fraction of sp³-hybridized carbons (Fsp3) is 0.682. The van der Waals surface area contributed by atoms with Gasteiger partial charge < -0.3 is 14.6 Å². The van der Waals surface area contributed by atoms with Gasteiger partial charge >= 0.3 is 11.9 Å². The van der Waals surface area contributed by atoms with Crippen LogP contribution in [-0.2, 0) is 23.9 Å². The molecule has 28 heavy (non-hydrogen) atoms. The lowest BCUT2D eigenvalue weighted by molar-refractivity contribution is -0.183. The molecule has 2 atom stereocenters. The van der Waals surface area contributed by atoms with Gasteiger partial charge in [-0.3, -0.25) is 9.59 Å². The molecule has 6 nitrogen and oxygen atoms in total. The van der Waals surface area contributed by atoms with Crippen molar-refractivity contribution >= 4 is 17.7 Å². The van der Waals surface area contributed by atoms with Crippen LogP contribution in [-0.4, -0.2) is 34.5 Å². The van der Waals surface area contributed by atoms with E-state index in [-0.39, 0.29) is 24.2 Å². The third-order valence-corrected chi connectivity index (χ3v) is 6.96. The average Bonchev–Trinajstić information content (AvgIpc) is 2.97. The van der Waals surface area contributed by atoms with Gasteiger partial charge in [-0.1, -0.05) is 6.58 Å². The molecule has 2 unspecified atom stereocenters. The highest BCUT2D eigenvalue weighted by molar-refractivity contribution is 6.08. The highest BCUT2D eigenvalue weighted by Crippen LogP contribution is 2.57. The van der Waals surface area contributed by atoms with E-state index in [0.717, 1.165) is 25.5 Å². The number of ketones is 1. The summed E-state index contributed by atoms with van der Waals surface area (Å²) in [6.07, 6.45) is 6.85. The van der Waals surface area contributed by atoms with E-state index >= 15 is 0 Å². The van der Waals surface area contributed by atoms with Crippen LogP contribution in [0, 0.1) is 23.7 Å². The van der Waals surface area contributed by atoms with Crippen molar-refractivity contribution in [1.29, 1.82) is 0 Å². The van der Waals surface area contributed by atoms with Crippen LogP contribution < -0.4 is 0 Å². The standard InChI is InChI=1S/C22H28O6/c1-12(2)19(24)18-7-17(27-21(18)26)6-16(11-23)20(25)28-22-8-13-3-14(9-22)5-15(4-13)10-22/h11,13-15,17-18,23H,1,3-10H2,2H3. The Bertz CT molecular complexity index is 713. The van der Waals surface area contributed by atoms with E-state index in [9.17, 15) is 19.5 Å².